The van der Waals surface area contributed by atoms with Crippen LogP contribution in [0.2, 0.25) is 0 Å². The fraction of sp³-hybridized carbons (Fsp3) is 0.231. The van der Waals surface area contributed by atoms with Crippen molar-refractivity contribution in [3.8, 4) is 22.8 Å². The number of rotatable bonds is 4. The Morgan fingerprint density at radius 3 is 2.90 bits per heavy atom. The Bertz CT molecular complexity index is 761. The van der Waals surface area contributed by atoms with E-state index in [-0.39, 0.29) is 0 Å². The maximum atomic E-state index is 5.99. The van der Waals surface area contributed by atoms with Crippen LogP contribution in [0.4, 0.5) is 5.69 Å². The number of nitrogens with zero attached hydrogens (tertiary/aromatic N) is 6. The summed E-state index contributed by atoms with van der Waals surface area (Å²) in [5.41, 5.74) is 8.05. The van der Waals surface area contributed by atoms with Crippen molar-refractivity contribution >= 4 is 5.69 Å². The van der Waals surface area contributed by atoms with Crippen molar-refractivity contribution in [2.24, 2.45) is 7.05 Å². The smallest absolute Gasteiger partial charge is 0.191 e. The van der Waals surface area contributed by atoms with Gasteiger partial charge in [-0.05, 0) is 29.5 Å². The van der Waals surface area contributed by atoms with Crippen molar-refractivity contribution in [2.75, 3.05) is 12.3 Å². The molecule has 8 nitrogen and oxygen atoms in total. The highest BCUT2D eigenvalue weighted by molar-refractivity contribution is 5.73. The van der Waals surface area contributed by atoms with Gasteiger partial charge in [0.05, 0.1) is 30.3 Å². The van der Waals surface area contributed by atoms with Crippen LogP contribution in [-0.4, -0.2) is 36.6 Å². The monoisotopic (exact) mass is 285 g/mol. The largest absolute Gasteiger partial charge is 0.491 e. The Hall–Kier alpha value is -2.90. The number of benzene rings is 1. The second-order valence-electron chi connectivity index (χ2n) is 4.44. The van der Waals surface area contributed by atoms with E-state index < -0.39 is 0 Å². The van der Waals surface area contributed by atoms with Gasteiger partial charge >= 0.3 is 0 Å². The van der Waals surface area contributed by atoms with Crippen molar-refractivity contribution in [1.82, 2.24) is 30.0 Å². The van der Waals surface area contributed by atoms with Crippen LogP contribution in [0.25, 0.3) is 17.1 Å². The van der Waals surface area contributed by atoms with Gasteiger partial charge in [-0.2, -0.15) is 9.78 Å². The molecule has 0 bridgehead atoms. The highest BCUT2D eigenvalue weighted by atomic mass is 16.5. The van der Waals surface area contributed by atoms with Gasteiger partial charge in [0.2, 0.25) is 0 Å². The molecule has 2 aromatic heterocycles. The predicted octanol–water partition coefficient (Wildman–Crippen LogP) is 1.04. The molecule has 2 heterocycles. The number of tetrazole rings is 1. The van der Waals surface area contributed by atoms with Crippen molar-refractivity contribution in [2.45, 2.75) is 6.92 Å². The molecule has 0 saturated carbocycles. The first-order valence-corrected chi connectivity index (χ1v) is 6.49. The molecule has 21 heavy (non-hydrogen) atoms. The van der Waals surface area contributed by atoms with E-state index in [1.807, 2.05) is 32.3 Å². The van der Waals surface area contributed by atoms with Crippen molar-refractivity contribution in [3.63, 3.8) is 0 Å². The zero-order chi connectivity index (χ0) is 14.8. The maximum absolute atomic E-state index is 5.99. The second-order valence-corrected chi connectivity index (χ2v) is 4.44. The molecule has 0 spiro atoms. The molecular formula is C13H15N7O. The number of hydrogen-bond acceptors (Lipinski definition) is 6. The zero-order valence-electron chi connectivity index (χ0n) is 11.8. The van der Waals surface area contributed by atoms with E-state index in [4.69, 9.17) is 10.5 Å². The average Bonchev–Trinajstić information content (AvgIpc) is 3.09. The molecule has 0 radical (unpaired) electrons. The first-order valence-electron chi connectivity index (χ1n) is 6.49. The molecule has 8 heteroatoms. The summed E-state index contributed by atoms with van der Waals surface area (Å²) in [4.78, 5) is 0. The average molecular weight is 285 g/mol. The second kappa shape index (κ2) is 5.23. The fourth-order valence-electron chi connectivity index (χ4n) is 2.08. The number of nitrogens with two attached hydrogens (primary N) is 1. The minimum Gasteiger partial charge on any atom is -0.491 e. The van der Waals surface area contributed by atoms with Gasteiger partial charge in [-0.25, -0.2) is 0 Å². The third-order valence-corrected chi connectivity index (χ3v) is 2.98. The van der Waals surface area contributed by atoms with Crippen LogP contribution in [0.15, 0.2) is 30.6 Å². The molecule has 108 valence electrons. The molecule has 3 aromatic rings. The van der Waals surface area contributed by atoms with Crippen LogP contribution in [0.1, 0.15) is 6.92 Å². The summed E-state index contributed by atoms with van der Waals surface area (Å²) in [6.07, 6.45) is 3.51. The molecule has 0 aliphatic heterocycles. The number of aryl methyl sites for hydroxylation is 1. The highest BCUT2D eigenvalue weighted by Crippen LogP contribution is 2.34. The van der Waals surface area contributed by atoms with E-state index >= 15 is 0 Å². The third-order valence-electron chi connectivity index (χ3n) is 2.98. The van der Waals surface area contributed by atoms with Crippen LogP contribution in [0.5, 0.6) is 5.75 Å². The van der Waals surface area contributed by atoms with Crippen LogP contribution in [0, 0.1) is 0 Å². The van der Waals surface area contributed by atoms with Crippen LogP contribution >= 0.6 is 0 Å². The van der Waals surface area contributed by atoms with Gasteiger partial charge in [0.25, 0.3) is 0 Å². The third kappa shape index (κ3) is 2.31. The van der Waals surface area contributed by atoms with E-state index in [0.29, 0.717) is 23.9 Å². The molecule has 0 saturated heterocycles. The molecule has 0 aliphatic carbocycles. The number of nitrogen functional groups attached to an aromatic ring is 1. The fourth-order valence-corrected chi connectivity index (χ4v) is 2.08. The van der Waals surface area contributed by atoms with Crippen molar-refractivity contribution in [1.29, 1.82) is 0 Å². The standard InChI is InChI=1S/C13H15N7O/c1-3-21-12-10(5-4-6-11(12)14)13-16-17-18-20(13)9-7-15-19(2)8-9/h4-8H,3,14H2,1-2H3. The first-order chi connectivity index (χ1) is 10.2. The van der Waals surface area contributed by atoms with Crippen molar-refractivity contribution < 1.29 is 4.74 Å². The summed E-state index contributed by atoms with van der Waals surface area (Å²) < 4.78 is 8.92. The van der Waals surface area contributed by atoms with Crippen LogP contribution < -0.4 is 10.5 Å². The molecule has 3 rings (SSSR count). The van der Waals surface area contributed by atoms with Gasteiger partial charge in [0.1, 0.15) is 5.69 Å². The Morgan fingerprint density at radius 2 is 2.19 bits per heavy atom. The maximum Gasteiger partial charge on any atom is 0.191 e. The summed E-state index contributed by atoms with van der Waals surface area (Å²) in [5, 5.41) is 16.0. The summed E-state index contributed by atoms with van der Waals surface area (Å²) in [6, 6.07) is 5.50. The number of aromatic nitrogens is 6. The van der Waals surface area contributed by atoms with Gasteiger partial charge in [-0.1, -0.05) is 6.07 Å². The lowest BCUT2D eigenvalue weighted by Crippen LogP contribution is -2.03. The molecule has 0 atom stereocenters. The van der Waals surface area contributed by atoms with Gasteiger partial charge in [-0.3, -0.25) is 4.68 Å². The van der Waals surface area contributed by atoms with Gasteiger partial charge in [0.15, 0.2) is 11.6 Å². The predicted molar refractivity (Wildman–Crippen MR) is 76.9 cm³/mol. The lowest BCUT2D eigenvalue weighted by molar-refractivity contribution is 0.343. The summed E-state index contributed by atoms with van der Waals surface area (Å²) in [7, 11) is 1.83. The molecule has 0 unspecified atom stereocenters. The van der Waals surface area contributed by atoms with Crippen LogP contribution in [0.3, 0.4) is 0 Å². The number of anilines is 1. The highest BCUT2D eigenvalue weighted by Gasteiger charge is 2.17. The summed E-state index contributed by atoms with van der Waals surface area (Å²) >= 11 is 0. The number of para-hydroxylation sites is 1. The molecule has 1 aromatic carbocycles. The van der Waals surface area contributed by atoms with Crippen LogP contribution in [-0.2, 0) is 7.05 Å². The minimum absolute atomic E-state index is 0.510. The normalized spacial score (nSPS) is 10.8. The lowest BCUT2D eigenvalue weighted by atomic mass is 10.1. The Kier molecular flexibility index (Phi) is 3.27. The molecule has 2 N–H and O–H groups in total. The van der Waals surface area contributed by atoms with Gasteiger partial charge in [-0.15, -0.1) is 5.10 Å². The summed E-state index contributed by atoms with van der Waals surface area (Å²) in [6.45, 7) is 2.41. The topological polar surface area (TPSA) is 96.7 Å². The Labute approximate surface area is 121 Å². The van der Waals surface area contributed by atoms with E-state index in [1.54, 1.807) is 21.6 Å². The van der Waals surface area contributed by atoms with Gasteiger partial charge < -0.3 is 10.5 Å². The quantitative estimate of drug-likeness (QED) is 0.719. The molecular weight excluding hydrogens is 270 g/mol. The summed E-state index contributed by atoms with van der Waals surface area (Å²) in [5.74, 6) is 1.14. The zero-order valence-corrected chi connectivity index (χ0v) is 11.8. The first kappa shape index (κ1) is 13.1. The van der Waals surface area contributed by atoms with E-state index in [9.17, 15) is 0 Å². The Balaban J connectivity index is 2.14. The van der Waals surface area contributed by atoms with E-state index in [0.717, 1.165) is 11.3 Å². The SMILES string of the molecule is CCOc1c(N)cccc1-c1nnnn1-c1cnn(C)c1. The minimum atomic E-state index is 0.510. The number of ether oxygens (including phenoxy) is 1. The van der Waals surface area contributed by atoms with Gasteiger partial charge in [0, 0.05) is 7.05 Å². The Morgan fingerprint density at radius 1 is 1.33 bits per heavy atom. The number of hydrogen-bond donors (Lipinski definition) is 1. The van der Waals surface area contributed by atoms with Crippen molar-refractivity contribution in [3.05, 3.63) is 30.6 Å². The molecule has 0 aliphatic rings. The van der Waals surface area contributed by atoms with E-state index in [1.165, 1.54) is 0 Å². The molecule has 0 fully saturated rings. The van der Waals surface area contributed by atoms with E-state index in [2.05, 4.69) is 20.6 Å². The molecule has 0 amide bonds. The lowest BCUT2D eigenvalue weighted by Gasteiger charge is -2.11.